The third kappa shape index (κ3) is 2.82. The molecule has 0 aromatic heterocycles. The number of piperidine rings is 1. The Labute approximate surface area is 117 Å². The van der Waals surface area contributed by atoms with Crippen LogP contribution in [0.5, 0.6) is 0 Å². The molecular formula is C12H16N2O5S. The van der Waals surface area contributed by atoms with Gasteiger partial charge < -0.3 is 5.11 Å². The van der Waals surface area contributed by atoms with E-state index < -0.39 is 21.1 Å². The van der Waals surface area contributed by atoms with E-state index in [1.54, 1.807) is 0 Å². The molecule has 1 heterocycles. The fourth-order valence-electron chi connectivity index (χ4n) is 2.31. The molecule has 2 rings (SSSR count). The average Bonchev–Trinajstić information content (AvgIpc) is 2.38. The van der Waals surface area contributed by atoms with Crippen LogP contribution in [0.3, 0.4) is 0 Å². The molecule has 1 aliphatic heterocycles. The highest BCUT2D eigenvalue weighted by molar-refractivity contribution is 7.89. The maximum atomic E-state index is 12.5. The normalized spacial score (nSPS) is 20.8. The minimum Gasteiger partial charge on any atom is -0.392 e. The van der Waals surface area contributed by atoms with Crippen molar-refractivity contribution < 1.29 is 18.4 Å². The summed E-state index contributed by atoms with van der Waals surface area (Å²) in [6.45, 7) is 1.95. The van der Waals surface area contributed by atoms with E-state index in [-0.39, 0.29) is 17.1 Å². The zero-order valence-electron chi connectivity index (χ0n) is 11.0. The number of hydrogen-bond donors (Lipinski definition) is 1. The van der Waals surface area contributed by atoms with E-state index >= 15 is 0 Å². The number of aliphatic hydroxyl groups excluding tert-OH is 1. The molecule has 7 nitrogen and oxygen atoms in total. The summed E-state index contributed by atoms with van der Waals surface area (Å²) in [7, 11) is -3.72. The molecule has 8 heteroatoms. The van der Waals surface area contributed by atoms with Crippen LogP contribution in [0, 0.1) is 17.0 Å². The van der Waals surface area contributed by atoms with Gasteiger partial charge in [0, 0.05) is 25.2 Å². The SMILES string of the molecule is Cc1cc([N+](=O)[O-])ccc1S(=O)(=O)N1CCC[C@H](O)C1. The Hall–Kier alpha value is -1.51. The van der Waals surface area contributed by atoms with Crippen molar-refractivity contribution in [1.29, 1.82) is 0 Å². The predicted octanol–water partition coefficient (Wildman–Crippen LogP) is 1.05. The molecule has 1 aromatic rings. The Balaban J connectivity index is 2.36. The molecule has 1 saturated heterocycles. The van der Waals surface area contributed by atoms with Crippen LogP contribution in [0.25, 0.3) is 0 Å². The maximum absolute atomic E-state index is 12.5. The topological polar surface area (TPSA) is 101 Å². The summed E-state index contributed by atoms with van der Waals surface area (Å²) in [5, 5.41) is 20.3. The zero-order chi connectivity index (χ0) is 14.9. The first-order valence-corrected chi connectivity index (χ1v) is 7.69. The van der Waals surface area contributed by atoms with Gasteiger partial charge in [-0.1, -0.05) is 0 Å². The Morgan fingerprint density at radius 2 is 2.15 bits per heavy atom. The Kier molecular flexibility index (Phi) is 4.07. The Bertz CT molecular complexity index is 629. The van der Waals surface area contributed by atoms with Gasteiger partial charge >= 0.3 is 0 Å². The summed E-state index contributed by atoms with van der Waals surface area (Å²) in [6, 6.07) is 3.68. The number of nitro groups is 1. The molecule has 1 N–H and O–H groups in total. The number of β-amino-alcohol motifs (C(OH)–C–C–N with tert-alkyl or cyclic N) is 1. The van der Waals surface area contributed by atoms with Crippen LogP contribution in [0.1, 0.15) is 18.4 Å². The Morgan fingerprint density at radius 3 is 2.70 bits per heavy atom. The van der Waals surface area contributed by atoms with Crippen LogP contribution < -0.4 is 0 Å². The van der Waals surface area contributed by atoms with Gasteiger partial charge in [-0.3, -0.25) is 10.1 Å². The van der Waals surface area contributed by atoms with Crippen LogP contribution >= 0.6 is 0 Å². The van der Waals surface area contributed by atoms with Crippen molar-refractivity contribution in [2.45, 2.75) is 30.8 Å². The number of nitro benzene ring substituents is 1. The lowest BCUT2D eigenvalue weighted by molar-refractivity contribution is -0.385. The molecule has 0 bridgehead atoms. The number of aliphatic hydroxyl groups is 1. The van der Waals surface area contributed by atoms with E-state index in [1.807, 2.05) is 0 Å². The number of hydrogen-bond acceptors (Lipinski definition) is 5. The van der Waals surface area contributed by atoms with Crippen LogP contribution in [0.15, 0.2) is 23.1 Å². The first kappa shape index (κ1) is 14.9. The molecule has 1 aliphatic rings. The van der Waals surface area contributed by atoms with Gasteiger partial charge in [0.05, 0.1) is 15.9 Å². The van der Waals surface area contributed by atoms with Gasteiger partial charge in [-0.25, -0.2) is 8.42 Å². The summed E-state index contributed by atoms with van der Waals surface area (Å²) < 4.78 is 26.2. The molecule has 0 amide bonds. The maximum Gasteiger partial charge on any atom is 0.269 e. The highest BCUT2D eigenvalue weighted by Crippen LogP contribution is 2.26. The van der Waals surface area contributed by atoms with Crippen LogP contribution in [0.2, 0.25) is 0 Å². The zero-order valence-corrected chi connectivity index (χ0v) is 11.8. The number of aryl methyl sites for hydroxylation is 1. The molecule has 1 atom stereocenters. The van der Waals surface area contributed by atoms with Crippen molar-refractivity contribution in [2.75, 3.05) is 13.1 Å². The minimum absolute atomic E-state index is 0.0530. The van der Waals surface area contributed by atoms with Crippen molar-refractivity contribution in [3.8, 4) is 0 Å². The minimum atomic E-state index is -3.72. The highest BCUT2D eigenvalue weighted by atomic mass is 32.2. The lowest BCUT2D eigenvalue weighted by Crippen LogP contribution is -2.42. The Morgan fingerprint density at radius 1 is 1.45 bits per heavy atom. The number of nitrogens with zero attached hydrogens (tertiary/aromatic N) is 2. The molecule has 1 aromatic carbocycles. The predicted molar refractivity (Wildman–Crippen MR) is 71.8 cm³/mol. The third-order valence-electron chi connectivity index (χ3n) is 3.35. The van der Waals surface area contributed by atoms with Gasteiger partial charge in [0.25, 0.3) is 5.69 Å². The van der Waals surface area contributed by atoms with Crippen molar-refractivity contribution in [3.05, 3.63) is 33.9 Å². The van der Waals surface area contributed by atoms with E-state index in [0.717, 1.165) is 0 Å². The lowest BCUT2D eigenvalue weighted by atomic mass is 10.1. The van der Waals surface area contributed by atoms with Crippen molar-refractivity contribution in [3.63, 3.8) is 0 Å². The molecular weight excluding hydrogens is 284 g/mol. The first-order chi connectivity index (χ1) is 9.32. The van der Waals surface area contributed by atoms with Crippen molar-refractivity contribution in [1.82, 2.24) is 4.31 Å². The smallest absolute Gasteiger partial charge is 0.269 e. The summed E-state index contributed by atoms with van der Waals surface area (Å²) in [5.74, 6) is 0. The highest BCUT2D eigenvalue weighted by Gasteiger charge is 2.30. The summed E-state index contributed by atoms with van der Waals surface area (Å²) >= 11 is 0. The quantitative estimate of drug-likeness (QED) is 0.664. The van der Waals surface area contributed by atoms with Gasteiger partial charge in [-0.2, -0.15) is 4.31 Å². The van der Waals surface area contributed by atoms with Gasteiger partial charge in [0.15, 0.2) is 0 Å². The second-order valence-corrected chi connectivity index (χ2v) is 6.77. The third-order valence-corrected chi connectivity index (χ3v) is 5.37. The lowest BCUT2D eigenvalue weighted by Gasteiger charge is -2.29. The largest absolute Gasteiger partial charge is 0.392 e. The number of non-ortho nitro benzene ring substituents is 1. The van der Waals surface area contributed by atoms with E-state index in [0.29, 0.717) is 24.9 Å². The number of sulfonamides is 1. The molecule has 0 spiro atoms. The van der Waals surface area contributed by atoms with E-state index in [1.165, 1.54) is 29.4 Å². The second-order valence-electron chi connectivity index (χ2n) is 4.87. The van der Waals surface area contributed by atoms with Gasteiger partial charge in [0.1, 0.15) is 0 Å². The monoisotopic (exact) mass is 300 g/mol. The summed E-state index contributed by atoms with van der Waals surface area (Å²) in [5.41, 5.74) is 0.194. The summed E-state index contributed by atoms with van der Waals surface area (Å²) in [4.78, 5) is 10.2. The van der Waals surface area contributed by atoms with Gasteiger partial charge in [0.2, 0.25) is 10.0 Å². The van der Waals surface area contributed by atoms with E-state index in [2.05, 4.69) is 0 Å². The molecule has 0 unspecified atom stereocenters. The van der Waals surface area contributed by atoms with E-state index in [9.17, 15) is 23.6 Å². The van der Waals surface area contributed by atoms with Gasteiger partial charge in [-0.05, 0) is 31.4 Å². The fraction of sp³-hybridized carbons (Fsp3) is 0.500. The molecule has 0 saturated carbocycles. The second kappa shape index (κ2) is 5.47. The van der Waals surface area contributed by atoms with Crippen LogP contribution in [0.4, 0.5) is 5.69 Å². The van der Waals surface area contributed by atoms with Crippen molar-refractivity contribution in [2.24, 2.45) is 0 Å². The molecule has 0 radical (unpaired) electrons. The van der Waals surface area contributed by atoms with Crippen LogP contribution in [-0.4, -0.2) is 41.9 Å². The van der Waals surface area contributed by atoms with Crippen molar-refractivity contribution >= 4 is 15.7 Å². The number of rotatable bonds is 3. The average molecular weight is 300 g/mol. The first-order valence-electron chi connectivity index (χ1n) is 6.25. The molecule has 20 heavy (non-hydrogen) atoms. The molecule has 1 fully saturated rings. The van der Waals surface area contributed by atoms with Crippen LogP contribution in [-0.2, 0) is 10.0 Å². The summed E-state index contributed by atoms with van der Waals surface area (Å²) in [6.07, 6.45) is 0.536. The fourth-order valence-corrected chi connectivity index (χ4v) is 4.04. The standard InChI is InChI=1S/C12H16N2O5S/c1-9-7-10(14(16)17)4-5-12(9)20(18,19)13-6-2-3-11(15)8-13/h4-5,7,11,15H,2-3,6,8H2,1H3/t11-/m0/s1. The number of benzene rings is 1. The van der Waals surface area contributed by atoms with Gasteiger partial charge in [-0.15, -0.1) is 0 Å². The molecule has 110 valence electrons. The molecule has 0 aliphatic carbocycles. The van der Waals surface area contributed by atoms with E-state index in [4.69, 9.17) is 0 Å².